The minimum absolute atomic E-state index is 0.0646. The SMILES string of the molecule is CCCc1ccc(C(=O)c2ccccc2)c(O)c1.Cc1cccc(NC(=O)O)c1. The van der Waals surface area contributed by atoms with Gasteiger partial charge in [0.2, 0.25) is 0 Å². The molecule has 0 fully saturated rings. The van der Waals surface area contributed by atoms with Crippen molar-refractivity contribution in [2.24, 2.45) is 0 Å². The lowest BCUT2D eigenvalue weighted by molar-refractivity contribution is 0.103. The first-order valence-corrected chi connectivity index (χ1v) is 9.39. The van der Waals surface area contributed by atoms with E-state index in [-0.39, 0.29) is 11.5 Å². The van der Waals surface area contributed by atoms with E-state index in [1.165, 1.54) is 0 Å². The summed E-state index contributed by atoms with van der Waals surface area (Å²) < 4.78 is 0. The van der Waals surface area contributed by atoms with E-state index in [0.717, 1.165) is 24.0 Å². The summed E-state index contributed by atoms with van der Waals surface area (Å²) in [6, 6.07) is 21.5. The smallest absolute Gasteiger partial charge is 0.409 e. The van der Waals surface area contributed by atoms with Crippen LogP contribution in [0.1, 0.15) is 40.4 Å². The number of carbonyl (C=O) groups excluding carboxylic acids is 1. The van der Waals surface area contributed by atoms with Crippen LogP contribution in [0, 0.1) is 6.92 Å². The predicted molar refractivity (Wildman–Crippen MR) is 115 cm³/mol. The van der Waals surface area contributed by atoms with Crippen LogP contribution < -0.4 is 5.32 Å². The van der Waals surface area contributed by atoms with E-state index >= 15 is 0 Å². The van der Waals surface area contributed by atoms with Crippen molar-refractivity contribution < 1.29 is 19.8 Å². The highest BCUT2D eigenvalue weighted by Crippen LogP contribution is 2.22. The maximum Gasteiger partial charge on any atom is 0.409 e. The first kappa shape index (κ1) is 21.7. The van der Waals surface area contributed by atoms with Gasteiger partial charge in [-0.2, -0.15) is 0 Å². The normalized spacial score (nSPS) is 9.86. The van der Waals surface area contributed by atoms with E-state index in [9.17, 15) is 14.7 Å². The zero-order chi connectivity index (χ0) is 21.2. The Hall–Kier alpha value is -3.60. The van der Waals surface area contributed by atoms with Crippen molar-refractivity contribution in [2.75, 3.05) is 5.32 Å². The molecule has 150 valence electrons. The third-order valence-corrected chi connectivity index (χ3v) is 4.15. The number of carbonyl (C=O) groups is 2. The fourth-order valence-electron chi connectivity index (χ4n) is 2.80. The lowest BCUT2D eigenvalue weighted by Crippen LogP contribution is -2.06. The number of amides is 1. The van der Waals surface area contributed by atoms with Crippen molar-refractivity contribution in [2.45, 2.75) is 26.7 Å². The zero-order valence-electron chi connectivity index (χ0n) is 16.6. The topological polar surface area (TPSA) is 86.6 Å². The number of ketones is 1. The number of rotatable bonds is 5. The number of hydrogen-bond donors (Lipinski definition) is 3. The zero-order valence-corrected chi connectivity index (χ0v) is 16.6. The van der Waals surface area contributed by atoms with Crippen LogP contribution in [-0.4, -0.2) is 22.1 Å². The van der Waals surface area contributed by atoms with Crippen molar-refractivity contribution in [1.82, 2.24) is 0 Å². The highest BCUT2D eigenvalue weighted by atomic mass is 16.4. The number of nitrogens with one attached hydrogen (secondary N) is 1. The average Bonchev–Trinajstić information content (AvgIpc) is 2.69. The first-order valence-electron chi connectivity index (χ1n) is 9.39. The molecule has 0 heterocycles. The van der Waals surface area contributed by atoms with E-state index in [4.69, 9.17) is 5.11 Å². The van der Waals surface area contributed by atoms with Gasteiger partial charge in [0.25, 0.3) is 0 Å². The molecule has 3 N–H and O–H groups in total. The van der Waals surface area contributed by atoms with Crippen molar-refractivity contribution >= 4 is 17.6 Å². The molecule has 3 aromatic carbocycles. The number of phenols is 1. The number of benzene rings is 3. The Bertz CT molecular complexity index is 968. The van der Waals surface area contributed by atoms with Gasteiger partial charge in [0, 0.05) is 11.3 Å². The van der Waals surface area contributed by atoms with E-state index in [0.29, 0.717) is 16.8 Å². The van der Waals surface area contributed by atoms with Crippen LogP contribution in [0.5, 0.6) is 5.75 Å². The molecule has 0 radical (unpaired) electrons. The summed E-state index contributed by atoms with van der Waals surface area (Å²) in [6.07, 6.45) is 0.897. The quantitative estimate of drug-likeness (QED) is 0.490. The Balaban J connectivity index is 0.000000234. The van der Waals surface area contributed by atoms with Crippen LogP contribution in [0.3, 0.4) is 0 Å². The summed E-state index contributed by atoms with van der Waals surface area (Å²) in [5, 5.41) is 20.5. The standard InChI is InChI=1S/C16H16O2.C8H9NO2/c1-2-6-12-9-10-14(15(17)11-12)16(18)13-7-4-3-5-8-13;1-6-3-2-4-7(5-6)9-8(10)11/h3-5,7-11,17H,2,6H2,1H3;2-5,9H,1H3,(H,10,11). The molecule has 5 nitrogen and oxygen atoms in total. The van der Waals surface area contributed by atoms with E-state index in [1.54, 1.807) is 42.5 Å². The number of aromatic hydroxyl groups is 1. The molecule has 0 saturated carbocycles. The van der Waals surface area contributed by atoms with Gasteiger partial charge in [0.15, 0.2) is 5.78 Å². The maximum absolute atomic E-state index is 12.2. The molecule has 5 heteroatoms. The molecule has 29 heavy (non-hydrogen) atoms. The van der Waals surface area contributed by atoms with Crippen molar-refractivity contribution in [3.05, 3.63) is 95.1 Å². The van der Waals surface area contributed by atoms with Gasteiger partial charge in [0.1, 0.15) is 5.75 Å². The van der Waals surface area contributed by atoms with Gasteiger partial charge in [0.05, 0.1) is 5.56 Å². The van der Waals surface area contributed by atoms with Crippen LogP contribution in [-0.2, 0) is 6.42 Å². The molecule has 0 aliphatic carbocycles. The third kappa shape index (κ3) is 6.81. The Labute approximate surface area is 170 Å². The maximum atomic E-state index is 12.2. The summed E-state index contributed by atoms with van der Waals surface area (Å²) in [5.74, 6) is -0.0778. The minimum Gasteiger partial charge on any atom is -0.507 e. The molecule has 0 unspecified atom stereocenters. The second-order valence-electron chi connectivity index (χ2n) is 6.60. The first-order chi connectivity index (χ1) is 13.9. The number of anilines is 1. The molecule has 0 aliphatic rings. The van der Waals surface area contributed by atoms with Crippen LogP contribution in [0.25, 0.3) is 0 Å². The van der Waals surface area contributed by atoms with E-state index in [2.05, 4.69) is 12.2 Å². The van der Waals surface area contributed by atoms with Gasteiger partial charge in [-0.3, -0.25) is 10.1 Å². The fraction of sp³-hybridized carbons (Fsp3) is 0.167. The Morgan fingerprint density at radius 3 is 2.24 bits per heavy atom. The molecule has 0 bridgehead atoms. The van der Waals surface area contributed by atoms with E-state index in [1.807, 2.05) is 37.3 Å². The van der Waals surface area contributed by atoms with Gasteiger partial charge >= 0.3 is 6.09 Å². The van der Waals surface area contributed by atoms with Crippen molar-refractivity contribution in [3.8, 4) is 5.75 Å². The molecule has 0 spiro atoms. The molecular weight excluding hydrogens is 366 g/mol. The van der Waals surface area contributed by atoms with Gasteiger partial charge < -0.3 is 10.2 Å². The number of phenolic OH excluding ortho intramolecular Hbond substituents is 1. The minimum atomic E-state index is -1.03. The second-order valence-corrected chi connectivity index (χ2v) is 6.60. The van der Waals surface area contributed by atoms with Gasteiger partial charge in [-0.05, 0) is 48.7 Å². The van der Waals surface area contributed by atoms with Gasteiger partial charge in [-0.15, -0.1) is 0 Å². The molecular formula is C24H25NO4. The molecule has 1 amide bonds. The number of hydrogen-bond acceptors (Lipinski definition) is 3. The molecule has 0 saturated heterocycles. The third-order valence-electron chi connectivity index (χ3n) is 4.15. The Kier molecular flexibility index (Phi) is 7.98. The summed E-state index contributed by atoms with van der Waals surface area (Å²) in [7, 11) is 0. The van der Waals surface area contributed by atoms with Crippen molar-refractivity contribution in [1.29, 1.82) is 0 Å². The lowest BCUT2D eigenvalue weighted by Gasteiger charge is -2.06. The largest absolute Gasteiger partial charge is 0.507 e. The highest BCUT2D eigenvalue weighted by Gasteiger charge is 2.13. The summed E-state index contributed by atoms with van der Waals surface area (Å²) in [6.45, 7) is 3.99. The molecule has 0 atom stereocenters. The van der Waals surface area contributed by atoms with Gasteiger partial charge in [-0.25, -0.2) is 4.79 Å². The molecule has 3 aromatic rings. The second kappa shape index (κ2) is 10.7. The Morgan fingerprint density at radius 2 is 1.66 bits per heavy atom. The average molecular weight is 391 g/mol. The molecule has 3 rings (SSSR count). The highest BCUT2D eigenvalue weighted by molar-refractivity contribution is 6.10. The summed E-state index contributed by atoms with van der Waals surface area (Å²) in [5.41, 5.74) is 3.66. The Morgan fingerprint density at radius 1 is 0.931 bits per heavy atom. The van der Waals surface area contributed by atoms with Crippen LogP contribution >= 0.6 is 0 Å². The van der Waals surface area contributed by atoms with Crippen LogP contribution in [0.4, 0.5) is 10.5 Å². The predicted octanol–water partition coefficient (Wildman–Crippen LogP) is 5.66. The summed E-state index contributed by atoms with van der Waals surface area (Å²) >= 11 is 0. The van der Waals surface area contributed by atoms with Crippen LogP contribution in [0.15, 0.2) is 72.8 Å². The number of carboxylic acid groups (broad SMARTS) is 1. The lowest BCUT2D eigenvalue weighted by atomic mass is 10.00. The number of aryl methyl sites for hydroxylation is 2. The van der Waals surface area contributed by atoms with Gasteiger partial charge in [-0.1, -0.05) is 61.9 Å². The van der Waals surface area contributed by atoms with Crippen LogP contribution in [0.2, 0.25) is 0 Å². The van der Waals surface area contributed by atoms with E-state index < -0.39 is 6.09 Å². The fourth-order valence-corrected chi connectivity index (χ4v) is 2.80. The monoisotopic (exact) mass is 391 g/mol. The molecule has 0 aromatic heterocycles. The van der Waals surface area contributed by atoms with Crippen molar-refractivity contribution in [3.63, 3.8) is 0 Å². The molecule has 0 aliphatic heterocycles. The summed E-state index contributed by atoms with van der Waals surface area (Å²) in [4.78, 5) is 22.3.